The third-order valence-corrected chi connectivity index (χ3v) is 3.80. The zero-order valence-electron chi connectivity index (χ0n) is 12.5. The van der Waals surface area contributed by atoms with Gasteiger partial charge in [-0.2, -0.15) is 5.10 Å². The van der Waals surface area contributed by atoms with Crippen LogP contribution in [0, 0.1) is 0 Å². The maximum atomic E-state index is 6.44. The number of nitrogens with two attached hydrogens (primary N) is 1. The van der Waals surface area contributed by atoms with Gasteiger partial charge in [-0.05, 0) is 33.4 Å². The molecule has 0 aliphatic carbocycles. The second-order valence-electron chi connectivity index (χ2n) is 5.34. The molecular formula is C14H28N4. The van der Waals surface area contributed by atoms with Gasteiger partial charge in [-0.25, -0.2) is 0 Å². The summed E-state index contributed by atoms with van der Waals surface area (Å²) in [6.07, 6.45) is 5.08. The van der Waals surface area contributed by atoms with E-state index in [2.05, 4.69) is 50.8 Å². The van der Waals surface area contributed by atoms with E-state index in [1.807, 2.05) is 10.9 Å². The molecule has 18 heavy (non-hydrogen) atoms. The van der Waals surface area contributed by atoms with Crippen molar-refractivity contribution in [3.63, 3.8) is 0 Å². The Morgan fingerprint density at radius 1 is 1.33 bits per heavy atom. The van der Waals surface area contributed by atoms with Crippen LogP contribution in [0.1, 0.15) is 52.6 Å². The first-order chi connectivity index (χ1) is 8.47. The second kappa shape index (κ2) is 6.34. The van der Waals surface area contributed by atoms with E-state index in [0.29, 0.717) is 0 Å². The molecule has 0 radical (unpaired) electrons. The lowest BCUT2D eigenvalue weighted by atomic mass is 9.89. The third-order valence-electron chi connectivity index (χ3n) is 3.80. The van der Waals surface area contributed by atoms with Crippen LogP contribution in [-0.4, -0.2) is 33.3 Å². The van der Waals surface area contributed by atoms with Crippen LogP contribution in [0.25, 0.3) is 0 Å². The van der Waals surface area contributed by atoms with Gasteiger partial charge in [0.2, 0.25) is 0 Å². The number of hydrogen-bond acceptors (Lipinski definition) is 3. The number of aromatic nitrogens is 2. The Bertz CT molecular complexity index is 352. The molecule has 0 saturated carbocycles. The van der Waals surface area contributed by atoms with E-state index in [0.717, 1.165) is 31.6 Å². The van der Waals surface area contributed by atoms with E-state index in [1.54, 1.807) is 0 Å². The van der Waals surface area contributed by atoms with E-state index in [-0.39, 0.29) is 11.6 Å². The van der Waals surface area contributed by atoms with Crippen molar-refractivity contribution in [3.05, 3.63) is 18.0 Å². The van der Waals surface area contributed by atoms with Gasteiger partial charge in [-0.3, -0.25) is 9.58 Å². The Morgan fingerprint density at radius 3 is 2.44 bits per heavy atom. The summed E-state index contributed by atoms with van der Waals surface area (Å²) < 4.78 is 1.98. The molecule has 1 rings (SSSR count). The molecule has 0 spiro atoms. The van der Waals surface area contributed by atoms with Gasteiger partial charge in [0.25, 0.3) is 0 Å². The normalized spacial score (nSPS) is 14.2. The summed E-state index contributed by atoms with van der Waals surface area (Å²) in [7, 11) is 0. The predicted octanol–water partition coefficient (Wildman–Crippen LogP) is 2.41. The molecule has 0 fully saturated rings. The molecule has 1 atom stereocenters. The Morgan fingerprint density at radius 2 is 1.94 bits per heavy atom. The minimum absolute atomic E-state index is 0.0111. The SMILES string of the molecule is CCCn1cc(C(N)C(C)(C)N(CC)CC)cn1. The van der Waals surface area contributed by atoms with Crippen molar-refractivity contribution in [3.8, 4) is 0 Å². The molecule has 1 unspecified atom stereocenters. The summed E-state index contributed by atoms with van der Waals surface area (Å²) in [5.74, 6) is 0. The van der Waals surface area contributed by atoms with Crippen LogP contribution in [0.5, 0.6) is 0 Å². The van der Waals surface area contributed by atoms with Crippen molar-refractivity contribution in [2.45, 2.75) is 59.2 Å². The molecule has 0 aromatic carbocycles. The molecule has 4 heteroatoms. The monoisotopic (exact) mass is 252 g/mol. The second-order valence-corrected chi connectivity index (χ2v) is 5.34. The third kappa shape index (κ3) is 3.12. The van der Waals surface area contributed by atoms with Gasteiger partial charge in [0, 0.05) is 23.8 Å². The van der Waals surface area contributed by atoms with Crippen LogP contribution in [0.4, 0.5) is 0 Å². The highest BCUT2D eigenvalue weighted by Gasteiger charge is 2.33. The summed E-state index contributed by atoms with van der Waals surface area (Å²) in [6, 6.07) is -0.0111. The van der Waals surface area contributed by atoms with Crippen molar-refractivity contribution in [1.29, 1.82) is 0 Å². The summed E-state index contributed by atoms with van der Waals surface area (Å²) in [5, 5.41) is 4.37. The lowest BCUT2D eigenvalue weighted by Crippen LogP contribution is -2.51. The Labute approximate surface area is 111 Å². The highest BCUT2D eigenvalue weighted by Crippen LogP contribution is 2.28. The molecule has 4 nitrogen and oxygen atoms in total. The molecule has 0 aliphatic rings. The number of nitrogens with zero attached hydrogens (tertiary/aromatic N) is 3. The fraction of sp³-hybridized carbons (Fsp3) is 0.786. The maximum Gasteiger partial charge on any atom is 0.0538 e. The minimum Gasteiger partial charge on any atom is -0.322 e. The molecular weight excluding hydrogens is 224 g/mol. The summed E-state index contributed by atoms with van der Waals surface area (Å²) >= 11 is 0. The van der Waals surface area contributed by atoms with E-state index in [9.17, 15) is 0 Å². The van der Waals surface area contributed by atoms with Crippen LogP contribution in [0.2, 0.25) is 0 Å². The molecule has 0 aliphatic heterocycles. The standard InChI is InChI=1S/C14H28N4/c1-6-9-18-11-12(10-16-18)13(15)14(4,5)17(7-2)8-3/h10-11,13H,6-9,15H2,1-5H3. The van der Waals surface area contributed by atoms with Crippen LogP contribution in [-0.2, 0) is 6.54 Å². The first-order valence-corrected chi connectivity index (χ1v) is 7.00. The van der Waals surface area contributed by atoms with Crippen molar-refractivity contribution < 1.29 is 0 Å². The largest absolute Gasteiger partial charge is 0.322 e. The first-order valence-electron chi connectivity index (χ1n) is 7.00. The average molecular weight is 252 g/mol. The molecule has 104 valence electrons. The molecule has 0 saturated heterocycles. The Balaban J connectivity index is 2.86. The van der Waals surface area contributed by atoms with Gasteiger partial charge in [0.15, 0.2) is 0 Å². The number of likely N-dealkylation sites (N-methyl/N-ethyl adjacent to an activating group) is 1. The number of hydrogen-bond donors (Lipinski definition) is 1. The molecule has 1 heterocycles. The molecule has 0 bridgehead atoms. The zero-order chi connectivity index (χ0) is 13.8. The average Bonchev–Trinajstić information content (AvgIpc) is 2.78. The lowest BCUT2D eigenvalue weighted by molar-refractivity contribution is 0.107. The minimum atomic E-state index is -0.0520. The van der Waals surface area contributed by atoms with Gasteiger partial charge in [0.05, 0.1) is 12.2 Å². The van der Waals surface area contributed by atoms with Crippen molar-refractivity contribution in [2.24, 2.45) is 5.73 Å². The van der Waals surface area contributed by atoms with Gasteiger partial charge in [-0.15, -0.1) is 0 Å². The van der Waals surface area contributed by atoms with Crippen LogP contribution < -0.4 is 5.73 Å². The molecule has 1 aromatic heterocycles. The summed E-state index contributed by atoms with van der Waals surface area (Å²) in [6.45, 7) is 13.9. The summed E-state index contributed by atoms with van der Waals surface area (Å²) in [4.78, 5) is 2.40. The lowest BCUT2D eigenvalue weighted by Gasteiger charge is -2.41. The summed E-state index contributed by atoms with van der Waals surface area (Å²) in [5.41, 5.74) is 7.51. The smallest absolute Gasteiger partial charge is 0.0538 e. The van der Waals surface area contributed by atoms with Crippen molar-refractivity contribution in [1.82, 2.24) is 14.7 Å². The number of aryl methyl sites for hydroxylation is 1. The highest BCUT2D eigenvalue weighted by molar-refractivity contribution is 5.15. The Kier molecular flexibility index (Phi) is 5.35. The van der Waals surface area contributed by atoms with Crippen molar-refractivity contribution >= 4 is 0 Å². The van der Waals surface area contributed by atoms with E-state index in [1.165, 1.54) is 0 Å². The molecule has 2 N–H and O–H groups in total. The van der Waals surface area contributed by atoms with Crippen LogP contribution >= 0.6 is 0 Å². The van der Waals surface area contributed by atoms with E-state index in [4.69, 9.17) is 5.73 Å². The molecule has 1 aromatic rings. The fourth-order valence-electron chi connectivity index (χ4n) is 2.53. The van der Waals surface area contributed by atoms with Gasteiger partial charge in [-0.1, -0.05) is 20.8 Å². The van der Waals surface area contributed by atoms with E-state index >= 15 is 0 Å². The topological polar surface area (TPSA) is 47.1 Å². The van der Waals surface area contributed by atoms with Crippen LogP contribution in [0.15, 0.2) is 12.4 Å². The fourth-order valence-corrected chi connectivity index (χ4v) is 2.53. The van der Waals surface area contributed by atoms with Gasteiger partial charge >= 0.3 is 0 Å². The van der Waals surface area contributed by atoms with Crippen molar-refractivity contribution in [2.75, 3.05) is 13.1 Å². The predicted molar refractivity (Wildman–Crippen MR) is 76.4 cm³/mol. The zero-order valence-corrected chi connectivity index (χ0v) is 12.5. The van der Waals surface area contributed by atoms with Gasteiger partial charge in [0.1, 0.15) is 0 Å². The quantitative estimate of drug-likeness (QED) is 0.810. The van der Waals surface area contributed by atoms with Crippen LogP contribution in [0.3, 0.4) is 0 Å². The Hall–Kier alpha value is -0.870. The maximum absolute atomic E-state index is 6.44. The number of rotatable bonds is 7. The molecule has 0 amide bonds. The highest BCUT2D eigenvalue weighted by atomic mass is 15.3. The van der Waals surface area contributed by atoms with E-state index < -0.39 is 0 Å². The van der Waals surface area contributed by atoms with Gasteiger partial charge < -0.3 is 5.73 Å². The first kappa shape index (κ1) is 15.2.